The van der Waals surface area contributed by atoms with Crippen LogP contribution in [0.3, 0.4) is 0 Å². The average Bonchev–Trinajstić information content (AvgIpc) is 3.01. The number of carbonyl (C=O) groups is 4. The minimum absolute atomic E-state index is 0.222. The molecule has 2 heterocycles. The number of benzene rings is 2. The van der Waals surface area contributed by atoms with Crippen LogP contribution in [0.15, 0.2) is 42.5 Å². The number of amides is 4. The van der Waals surface area contributed by atoms with Crippen molar-refractivity contribution in [2.24, 2.45) is 5.92 Å². The van der Waals surface area contributed by atoms with Gasteiger partial charge < -0.3 is 15.0 Å². The largest absolute Gasteiger partial charge is 0.469 e. The van der Waals surface area contributed by atoms with E-state index < -0.39 is 17.5 Å². The molecule has 2 aliphatic heterocycles. The molecule has 4 amide bonds. The molecule has 0 radical (unpaired) electrons. The fourth-order valence-corrected chi connectivity index (χ4v) is 4.45. The second-order valence-electron chi connectivity index (χ2n) is 8.15. The van der Waals surface area contributed by atoms with Crippen LogP contribution in [0.1, 0.15) is 25.3 Å². The first-order chi connectivity index (χ1) is 14.8. The average molecular weight is 423 g/mol. The number of methoxy groups -OCH3 is 1. The summed E-state index contributed by atoms with van der Waals surface area (Å²) in [5.74, 6) is -1.26. The zero-order valence-corrected chi connectivity index (χ0v) is 17.6. The van der Waals surface area contributed by atoms with Crippen molar-refractivity contribution in [3.8, 4) is 0 Å². The Balaban J connectivity index is 1.50. The maximum atomic E-state index is 13.3. The van der Waals surface area contributed by atoms with Crippen molar-refractivity contribution in [1.82, 2.24) is 15.1 Å². The van der Waals surface area contributed by atoms with Crippen LogP contribution in [0.5, 0.6) is 0 Å². The molecule has 1 unspecified atom stereocenters. The maximum absolute atomic E-state index is 13.3. The molecule has 0 aromatic heterocycles. The number of ether oxygens (including phenoxy) is 1. The summed E-state index contributed by atoms with van der Waals surface area (Å²) in [5, 5.41) is 4.62. The normalized spacial score (nSPS) is 22.0. The number of piperidine rings is 1. The predicted octanol–water partition coefficient (Wildman–Crippen LogP) is 2.02. The van der Waals surface area contributed by atoms with Gasteiger partial charge in [0.2, 0.25) is 5.91 Å². The SMILES string of the molecule is COC(=O)C1CCN(C(=O)CN2C(=O)NC(C)(c3cccc4ccccc34)C2=O)CC1. The van der Waals surface area contributed by atoms with Gasteiger partial charge in [-0.1, -0.05) is 42.5 Å². The lowest BCUT2D eigenvalue weighted by molar-refractivity contribution is -0.149. The van der Waals surface area contributed by atoms with Gasteiger partial charge >= 0.3 is 12.0 Å². The standard InChI is InChI=1S/C23H25N3O5/c1-23(18-9-5-7-15-6-3-4-8-17(15)18)21(29)26(22(30)24-23)14-19(27)25-12-10-16(11-13-25)20(28)31-2/h3-9,16H,10-14H2,1-2H3,(H,24,30). The summed E-state index contributed by atoms with van der Waals surface area (Å²) >= 11 is 0. The van der Waals surface area contributed by atoms with E-state index in [2.05, 4.69) is 5.32 Å². The quantitative estimate of drug-likeness (QED) is 0.600. The number of fused-ring (bicyclic) bond motifs is 1. The molecule has 8 nitrogen and oxygen atoms in total. The monoisotopic (exact) mass is 423 g/mol. The number of hydrogen-bond donors (Lipinski definition) is 1. The van der Waals surface area contributed by atoms with Crippen molar-refractivity contribution in [1.29, 1.82) is 0 Å². The van der Waals surface area contributed by atoms with Crippen LogP contribution < -0.4 is 5.32 Å². The Kier molecular flexibility index (Phi) is 5.39. The number of urea groups is 1. The van der Waals surface area contributed by atoms with Crippen LogP contribution in [0.4, 0.5) is 4.79 Å². The van der Waals surface area contributed by atoms with E-state index in [4.69, 9.17) is 4.74 Å². The Morgan fingerprint density at radius 1 is 1.10 bits per heavy atom. The third-order valence-electron chi connectivity index (χ3n) is 6.28. The minimum atomic E-state index is -1.25. The number of imide groups is 1. The third kappa shape index (κ3) is 3.62. The van der Waals surface area contributed by atoms with Gasteiger partial charge in [-0.3, -0.25) is 19.3 Å². The van der Waals surface area contributed by atoms with Crippen molar-refractivity contribution in [2.75, 3.05) is 26.7 Å². The molecule has 31 heavy (non-hydrogen) atoms. The van der Waals surface area contributed by atoms with E-state index in [0.717, 1.165) is 15.7 Å². The van der Waals surface area contributed by atoms with Crippen LogP contribution in [-0.4, -0.2) is 60.4 Å². The summed E-state index contributed by atoms with van der Waals surface area (Å²) in [5.41, 5.74) is -0.561. The van der Waals surface area contributed by atoms with Crippen molar-refractivity contribution in [2.45, 2.75) is 25.3 Å². The fraction of sp³-hybridized carbons (Fsp3) is 0.391. The third-order valence-corrected chi connectivity index (χ3v) is 6.28. The fourth-order valence-electron chi connectivity index (χ4n) is 4.45. The molecule has 4 rings (SSSR count). The molecule has 8 heteroatoms. The number of carbonyl (C=O) groups excluding carboxylic acids is 4. The number of nitrogens with zero attached hydrogens (tertiary/aromatic N) is 2. The molecule has 2 fully saturated rings. The molecule has 1 atom stereocenters. The first kappa shape index (κ1) is 20.8. The van der Waals surface area contributed by atoms with E-state index in [1.807, 2.05) is 42.5 Å². The first-order valence-corrected chi connectivity index (χ1v) is 10.3. The highest BCUT2D eigenvalue weighted by Crippen LogP contribution is 2.34. The van der Waals surface area contributed by atoms with Crippen LogP contribution in [-0.2, 0) is 24.7 Å². The Morgan fingerprint density at radius 3 is 2.48 bits per heavy atom. The molecule has 0 spiro atoms. The summed E-state index contributed by atoms with van der Waals surface area (Å²) in [7, 11) is 1.35. The summed E-state index contributed by atoms with van der Waals surface area (Å²) < 4.78 is 4.77. The Morgan fingerprint density at radius 2 is 1.77 bits per heavy atom. The second-order valence-corrected chi connectivity index (χ2v) is 8.15. The molecule has 2 aromatic carbocycles. The van der Waals surface area contributed by atoms with Crippen LogP contribution in [0.25, 0.3) is 10.8 Å². The van der Waals surface area contributed by atoms with Gasteiger partial charge in [0, 0.05) is 13.1 Å². The molecule has 0 saturated carbocycles. The van der Waals surface area contributed by atoms with Gasteiger partial charge in [-0.2, -0.15) is 0 Å². The number of esters is 1. The summed E-state index contributed by atoms with van der Waals surface area (Å²) in [6.07, 6.45) is 1.01. The van der Waals surface area contributed by atoms with Crippen molar-refractivity contribution in [3.63, 3.8) is 0 Å². The number of likely N-dealkylation sites (tertiary alicyclic amines) is 1. The van der Waals surface area contributed by atoms with Crippen LogP contribution >= 0.6 is 0 Å². The van der Waals surface area contributed by atoms with Gasteiger partial charge in [-0.15, -0.1) is 0 Å². The lowest BCUT2D eigenvalue weighted by Crippen LogP contribution is -2.47. The molecule has 0 aliphatic carbocycles. The number of hydrogen-bond acceptors (Lipinski definition) is 5. The van der Waals surface area contributed by atoms with E-state index in [9.17, 15) is 19.2 Å². The van der Waals surface area contributed by atoms with E-state index >= 15 is 0 Å². The van der Waals surface area contributed by atoms with E-state index in [0.29, 0.717) is 31.5 Å². The Hall–Kier alpha value is -3.42. The predicted molar refractivity (Wildman–Crippen MR) is 113 cm³/mol. The van der Waals surface area contributed by atoms with Gasteiger partial charge in [0.05, 0.1) is 13.0 Å². The Bertz CT molecular complexity index is 1050. The van der Waals surface area contributed by atoms with Gasteiger partial charge in [0.15, 0.2) is 0 Å². The number of nitrogens with one attached hydrogen (secondary N) is 1. The molecular formula is C23H25N3O5. The van der Waals surface area contributed by atoms with Gasteiger partial charge in [-0.05, 0) is 36.1 Å². The summed E-state index contributed by atoms with van der Waals surface area (Å²) in [6.45, 7) is 2.13. The second kappa shape index (κ2) is 8.02. The molecule has 162 valence electrons. The molecule has 2 aromatic rings. The summed E-state index contributed by atoms with van der Waals surface area (Å²) in [6, 6.07) is 12.7. The lowest BCUT2D eigenvalue weighted by atomic mass is 9.88. The smallest absolute Gasteiger partial charge is 0.325 e. The lowest BCUT2D eigenvalue weighted by Gasteiger charge is -2.31. The zero-order chi connectivity index (χ0) is 22.2. The van der Waals surface area contributed by atoms with Gasteiger partial charge in [0.1, 0.15) is 12.1 Å². The van der Waals surface area contributed by atoms with Crippen LogP contribution in [0.2, 0.25) is 0 Å². The highest BCUT2D eigenvalue weighted by molar-refractivity contribution is 6.10. The first-order valence-electron chi connectivity index (χ1n) is 10.3. The zero-order valence-electron chi connectivity index (χ0n) is 17.6. The van der Waals surface area contributed by atoms with Gasteiger partial charge in [-0.25, -0.2) is 4.79 Å². The molecule has 2 aliphatic rings. The van der Waals surface area contributed by atoms with Crippen molar-refractivity contribution >= 4 is 34.6 Å². The molecule has 2 saturated heterocycles. The maximum Gasteiger partial charge on any atom is 0.325 e. The highest BCUT2D eigenvalue weighted by atomic mass is 16.5. The molecule has 0 bridgehead atoms. The topological polar surface area (TPSA) is 96.0 Å². The van der Waals surface area contributed by atoms with Crippen LogP contribution in [0, 0.1) is 5.92 Å². The minimum Gasteiger partial charge on any atom is -0.469 e. The van der Waals surface area contributed by atoms with E-state index in [-0.39, 0.29) is 24.3 Å². The van der Waals surface area contributed by atoms with E-state index in [1.54, 1.807) is 11.8 Å². The summed E-state index contributed by atoms with van der Waals surface area (Å²) in [4.78, 5) is 53.0. The van der Waals surface area contributed by atoms with E-state index in [1.165, 1.54) is 7.11 Å². The highest BCUT2D eigenvalue weighted by Gasteiger charge is 2.50. The Labute approximate surface area is 180 Å². The van der Waals surface area contributed by atoms with Crippen molar-refractivity contribution in [3.05, 3.63) is 48.0 Å². The molecule has 1 N–H and O–H groups in total. The van der Waals surface area contributed by atoms with Gasteiger partial charge in [0.25, 0.3) is 5.91 Å². The van der Waals surface area contributed by atoms with Crippen molar-refractivity contribution < 1.29 is 23.9 Å². The number of rotatable bonds is 4. The molecular weight excluding hydrogens is 398 g/mol.